The van der Waals surface area contributed by atoms with E-state index >= 15 is 0 Å². The summed E-state index contributed by atoms with van der Waals surface area (Å²) in [6.45, 7) is 2.14. The molecule has 44 valence electrons. The largest absolute Gasteiger partial charge is 0.228 e. The summed E-state index contributed by atoms with van der Waals surface area (Å²) < 4.78 is 3.87. The van der Waals surface area contributed by atoms with Crippen LogP contribution in [0.2, 0.25) is 0 Å². The van der Waals surface area contributed by atoms with Crippen LogP contribution in [0.1, 0.15) is 18.4 Å². The molecule has 0 radical (unpaired) electrons. The molecule has 0 N–H and O–H groups in total. The Bertz CT molecular complexity index is 136. The highest BCUT2D eigenvalue weighted by molar-refractivity contribution is 7.05. The second-order valence-corrected chi connectivity index (χ2v) is 2.45. The molecule has 0 aliphatic heterocycles. The highest BCUT2D eigenvalue weighted by Gasteiger charge is 1.90. The lowest BCUT2D eigenvalue weighted by Gasteiger charge is -1.82. The molecule has 3 heteroatoms. The third kappa shape index (κ3) is 1.26. The summed E-state index contributed by atoms with van der Waals surface area (Å²) in [5, 5.41) is 1.15. The van der Waals surface area contributed by atoms with E-state index in [9.17, 15) is 0 Å². The molecule has 1 rings (SSSR count). The van der Waals surface area contributed by atoms with Gasteiger partial charge in [0.25, 0.3) is 0 Å². The summed E-state index contributed by atoms with van der Waals surface area (Å²) in [5.74, 6) is 0. The maximum atomic E-state index is 4.01. The minimum Gasteiger partial charge on any atom is -0.228 e. The molecule has 0 saturated heterocycles. The normalized spacial score (nSPS) is 9.62. The predicted molar refractivity (Wildman–Crippen MR) is 33.9 cm³/mol. The van der Waals surface area contributed by atoms with Crippen molar-refractivity contribution in [2.45, 2.75) is 19.8 Å². The first-order chi connectivity index (χ1) is 3.93. The summed E-state index contributed by atoms with van der Waals surface area (Å²) in [4.78, 5) is 4.01. The first kappa shape index (κ1) is 5.69. The summed E-state index contributed by atoms with van der Waals surface area (Å²) >= 11 is 1.49. The zero-order chi connectivity index (χ0) is 5.82. The van der Waals surface area contributed by atoms with Gasteiger partial charge < -0.3 is 0 Å². The van der Waals surface area contributed by atoms with E-state index < -0.39 is 0 Å². The Kier molecular flexibility index (Phi) is 1.97. The Morgan fingerprint density at radius 1 is 1.75 bits per heavy atom. The Morgan fingerprint density at radius 2 is 2.62 bits per heavy atom. The van der Waals surface area contributed by atoms with Crippen LogP contribution in [-0.2, 0) is 6.42 Å². The maximum absolute atomic E-state index is 4.01. The van der Waals surface area contributed by atoms with Crippen LogP contribution in [0.25, 0.3) is 0 Å². The minimum atomic E-state index is 1.07. The standard InChI is InChI=1S/C5H8N2S/c1-2-3-5-6-4-7-8-5/h4H,2-3H2,1H3. The zero-order valence-electron chi connectivity index (χ0n) is 4.79. The zero-order valence-corrected chi connectivity index (χ0v) is 5.61. The maximum Gasteiger partial charge on any atom is 0.129 e. The fraction of sp³-hybridized carbons (Fsp3) is 0.600. The van der Waals surface area contributed by atoms with Crippen molar-refractivity contribution >= 4 is 11.5 Å². The predicted octanol–water partition coefficient (Wildman–Crippen LogP) is 1.49. The molecule has 0 spiro atoms. The first-order valence-electron chi connectivity index (χ1n) is 2.69. The lowest BCUT2D eigenvalue weighted by molar-refractivity contribution is 0.908. The number of nitrogens with zero attached hydrogens (tertiary/aromatic N) is 2. The highest BCUT2D eigenvalue weighted by atomic mass is 32.1. The van der Waals surface area contributed by atoms with Gasteiger partial charge in [0.15, 0.2) is 0 Å². The van der Waals surface area contributed by atoms with Gasteiger partial charge in [0, 0.05) is 6.42 Å². The van der Waals surface area contributed by atoms with Gasteiger partial charge in [-0.05, 0) is 18.0 Å². The summed E-state index contributed by atoms with van der Waals surface area (Å²) in [6.07, 6.45) is 3.84. The Hall–Kier alpha value is -0.440. The monoisotopic (exact) mass is 128 g/mol. The molecule has 0 saturated carbocycles. The lowest BCUT2D eigenvalue weighted by Crippen LogP contribution is -1.76. The average molecular weight is 128 g/mol. The van der Waals surface area contributed by atoms with Crippen LogP contribution in [0.5, 0.6) is 0 Å². The number of hydrogen-bond acceptors (Lipinski definition) is 3. The van der Waals surface area contributed by atoms with Gasteiger partial charge in [-0.1, -0.05) is 6.92 Å². The van der Waals surface area contributed by atoms with Crippen LogP contribution in [0.15, 0.2) is 6.33 Å². The van der Waals surface area contributed by atoms with E-state index in [4.69, 9.17) is 0 Å². The third-order valence-electron chi connectivity index (χ3n) is 0.871. The number of aromatic nitrogens is 2. The summed E-state index contributed by atoms with van der Waals surface area (Å²) in [6, 6.07) is 0. The topological polar surface area (TPSA) is 25.8 Å². The molecule has 0 atom stereocenters. The van der Waals surface area contributed by atoms with E-state index in [0.29, 0.717) is 0 Å². The molecule has 1 heterocycles. The fourth-order valence-corrected chi connectivity index (χ4v) is 1.13. The molecule has 0 aliphatic carbocycles. The third-order valence-corrected chi connectivity index (χ3v) is 1.59. The molecule has 0 amide bonds. The number of rotatable bonds is 2. The van der Waals surface area contributed by atoms with Crippen LogP contribution in [0.4, 0.5) is 0 Å². The molecular weight excluding hydrogens is 120 g/mol. The molecule has 0 aliphatic rings. The van der Waals surface area contributed by atoms with Crippen LogP contribution < -0.4 is 0 Å². The van der Waals surface area contributed by atoms with Gasteiger partial charge in [-0.2, -0.15) is 4.37 Å². The van der Waals surface area contributed by atoms with Gasteiger partial charge in [-0.3, -0.25) is 0 Å². The van der Waals surface area contributed by atoms with Gasteiger partial charge in [-0.25, -0.2) is 4.98 Å². The molecule has 2 nitrogen and oxygen atoms in total. The van der Waals surface area contributed by atoms with Crippen molar-refractivity contribution in [1.82, 2.24) is 9.36 Å². The molecule has 8 heavy (non-hydrogen) atoms. The Morgan fingerprint density at radius 3 is 3.12 bits per heavy atom. The van der Waals surface area contributed by atoms with Crippen molar-refractivity contribution < 1.29 is 0 Å². The fourth-order valence-electron chi connectivity index (χ4n) is 0.520. The minimum absolute atomic E-state index is 1.07. The van der Waals surface area contributed by atoms with Crippen LogP contribution >= 0.6 is 11.5 Å². The van der Waals surface area contributed by atoms with Gasteiger partial charge >= 0.3 is 0 Å². The van der Waals surface area contributed by atoms with Crippen molar-refractivity contribution in [3.05, 3.63) is 11.3 Å². The van der Waals surface area contributed by atoms with Gasteiger partial charge in [0.2, 0.25) is 0 Å². The van der Waals surface area contributed by atoms with E-state index in [1.165, 1.54) is 11.5 Å². The van der Waals surface area contributed by atoms with E-state index in [1.54, 1.807) is 6.33 Å². The van der Waals surface area contributed by atoms with Gasteiger partial charge in [0.1, 0.15) is 11.3 Å². The molecule has 0 bridgehead atoms. The summed E-state index contributed by atoms with van der Waals surface area (Å²) in [5.41, 5.74) is 0. The van der Waals surface area contributed by atoms with E-state index in [2.05, 4.69) is 16.3 Å². The van der Waals surface area contributed by atoms with Crippen molar-refractivity contribution in [3.63, 3.8) is 0 Å². The molecule has 1 aromatic rings. The molecule has 0 fully saturated rings. The van der Waals surface area contributed by atoms with Gasteiger partial charge in [0.05, 0.1) is 0 Å². The SMILES string of the molecule is CCCc1ncns1. The Balaban J connectivity index is 2.50. The first-order valence-corrected chi connectivity index (χ1v) is 3.46. The smallest absolute Gasteiger partial charge is 0.129 e. The highest BCUT2D eigenvalue weighted by Crippen LogP contribution is 2.01. The second-order valence-electron chi connectivity index (χ2n) is 1.59. The lowest BCUT2D eigenvalue weighted by atomic mass is 10.4. The Labute approximate surface area is 52.7 Å². The van der Waals surface area contributed by atoms with Crippen LogP contribution in [-0.4, -0.2) is 9.36 Å². The number of hydrogen-bond donors (Lipinski definition) is 0. The van der Waals surface area contributed by atoms with Crippen molar-refractivity contribution in [1.29, 1.82) is 0 Å². The molecule has 0 aromatic carbocycles. The van der Waals surface area contributed by atoms with E-state index in [0.717, 1.165) is 17.8 Å². The van der Waals surface area contributed by atoms with Crippen LogP contribution in [0.3, 0.4) is 0 Å². The quantitative estimate of drug-likeness (QED) is 0.603. The molecule has 1 aromatic heterocycles. The van der Waals surface area contributed by atoms with Crippen molar-refractivity contribution in [2.24, 2.45) is 0 Å². The summed E-state index contributed by atoms with van der Waals surface area (Å²) in [7, 11) is 0. The molecule has 0 unspecified atom stereocenters. The number of aryl methyl sites for hydroxylation is 1. The molecular formula is C5H8N2S. The van der Waals surface area contributed by atoms with Crippen molar-refractivity contribution in [3.8, 4) is 0 Å². The van der Waals surface area contributed by atoms with Crippen molar-refractivity contribution in [2.75, 3.05) is 0 Å². The second kappa shape index (κ2) is 2.77. The average Bonchev–Trinajstić information content (AvgIpc) is 2.19. The van der Waals surface area contributed by atoms with Crippen LogP contribution in [0, 0.1) is 0 Å². The van der Waals surface area contributed by atoms with E-state index in [-0.39, 0.29) is 0 Å². The van der Waals surface area contributed by atoms with Gasteiger partial charge in [-0.15, -0.1) is 0 Å². The van der Waals surface area contributed by atoms with E-state index in [1.807, 2.05) is 0 Å².